The second-order valence-electron chi connectivity index (χ2n) is 6.35. The van der Waals surface area contributed by atoms with E-state index < -0.39 is 0 Å². The molecule has 4 rings (SSSR count). The van der Waals surface area contributed by atoms with Gasteiger partial charge in [-0.3, -0.25) is 19.4 Å². The van der Waals surface area contributed by atoms with Crippen molar-refractivity contribution >= 4 is 23.2 Å². The number of fused-ring (bicyclic) bond motifs is 1. The van der Waals surface area contributed by atoms with E-state index >= 15 is 0 Å². The Hall–Kier alpha value is -2.74. The Bertz CT molecular complexity index is 818. The molecular formula is C17H19N5O3. The molecule has 0 aliphatic carbocycles. The van der Waals surface area contributed by atoms with Gasteiger partial charge in [0, 0.05) is 6.92 Å². The first-order valence-corrected chi connectivity index (χ1v) is 8.35. The zero-order valence-electron chi connectivity index (χ0n) is 13.9. The van der Waals surface area contributed by atoms with Gasteiger partial charge in [-0.15, -0.1) is 0 Å². The fraction of sp³-hybridized carbons (Fsp3) is 0.412. The average molecular weight is 341 g/mol. The van der Waals surface area contributed by atoms with Crippen LogP contribution in [0.3, 0.4) is 0 Å². The van der Waals surface area contributed by atoms with Crippen molar-refractivity contribution in [2.45, 2.75) is 25.8 Å². The minimum atomic E-state index is -0.182. The summed E-state index contributed by atoms with van der Waals surface area (Å²) in [7, 11) is 0. The van der Waals surface area contributed by atoms with Crippen LogP contribution in [0, 0.1) is 6.92 Å². The zero-order valence-corrected chi connectivity index (χ0v) is 13.9. The van der Waals surface area contributed by atoms with Gasteiger partial charge in [0.05, 0.1) is 24.0 Å². The van der Waals surface area contributed by atoms with Crippen LogP contribution >= 0.6 is 0 Å². The van der Waals surface area contributed by atoms with Crippen LogP contribution in [-0.2, 0) is 9.59 Å². The molecule has 2 aliphatic heterocycles. The lowest BCUT2D eigenvalue weighted by Gasteiger charge is -2.31. The van der Waals surface area contributed by atoms with E-state index in [1.165, 1.54) is 0 Å². The summed E-state index contributed by atoms with van der Waals surface area (Å²) in [6.45, 7) is 2.81. The SMILES string of the molecule is Cc1nc(C2CCCN2CC(=O)N2CC(=O)Nc3ccccc32)no1. The molecule has 0 radical (unpaired) electrons. The molecule has 1 aromatic heterocycles. The summed E-state index contributed by atoms with van der Waals surface area (Å²) in [5, 5.41) is 6.80. The van der Waals surface area contributed by atoms with Crippen molar-refractivity contribution in [1.82, 2.24) is 15.0 Å². The molecular weight excluding hydrogens is 322 g/mol. The minimum Gasteiger partial charge on any atom is -0.340 e. The van der Waals surface area contributed by atoms with Gasteiger partial charge >= 0.3 is 0 Å². The van der Waals surface area contributed by atoms with E-state index in [1.807, 2.05) is 18.2 Å². The summed E-state index contributed by atoms with van der Waals surface area (Å²) in [4.78, 5) is 32.7. The molecule has 1 atom stereocenters. The molecule has 1 unspecified atom stereocenters. The number of para-hydroxylation sites is 2. The third kappa shape index (κ3) is 3.00. The van der Waals surface area contributed by atoms with Crippen LogP contribution in [0.2, 0.25) is 0 Å². The predicted octanol–water partition coefficient (Wildman–Crippen LogP) is 1.50. The summed E-state index contributed by atoms with van der Waals surface area (Å²) in [5.41, 5.74) is 1.40. The van der Waals surface area contributed by atoms with E-state index in [9.17, 15) is 9.59 Å². The van der Waals surface area contributed by atoms with Crippen LogP contribution in [0.5, 0.6) is 0 Å². The molecule has 2 amide bonds. The number of hydrogen-bond acceptors (Lipinski definition) is 6. The summed E-state index contributed by atoms with van der Waals surface area (Å²) in [5.74, 6) is 0.864. The quantitative estimate of drug-likeness (QED) is 0.910. The standard InChI is InChI=1S/C17H19N5O3/c1-11-18-17(20-25-11)14-7-4-8-21(14)10-16(24)22-9-15(23)19-12-5-2-3-6-13(12)22/h2-3,5-6,14H,4,7-10H2,1H3,(H,19,23). The largest absolute Gasteiger partial charge is 0.340 e. The molecule has 8 heteroatoms. The Morgan fingerprint density at radius 3 is 3.04 bits per heavy atom. The molecule has 0 saturated carbocycles. The average Bonchev–Trinajstić information content (AvgIpc) is 3.22. The number of carbonyl (C=O) groups is 2. The summed E-state index contributed by atoms with van der Waals surface area (Å²) in [6, 6.07) is 7.32. The van der Waals surface area contributed by atoms with E-state index in [2.05, 4.69) is 20.4 Å². The van der Waals surface area contributed by atoms with Crippen molar-refractivity contribution in [2.24, 2.45) is 0 Å². The first-order valence-electron chi connectivity index (χ1n) is 8.35. The van der Waals surface area contributed by atoms with Gasteiger partial charge in [0.1, 0.15) is 6.54 Å². The second kappa shape index (κ2) is 6.29. The summed E-state index contributed by atoms with van der Waals surface area (Å²) < 4.78 is 5.07. The number of nitrogens with one attached hydrogen (secondary N) is 1. The molecule has 2 aliphatic rings. The lowest BCUT2D eigenvalue weighted by Crippen LogP contribution is -2.46. The van der Waals surface area contributed by atoms with E-state index in [4.69, 9.17) is 4.52 Å². The highest BCUT2D eigenvalue weighted by molar-refractivity contribution is 6.10. The van der Waals surface area contributed by atoms with E-state index in [-0.39, 0.29) is 30.9 Å². The number of nitrogens with zero attached hydrogens (tertiary/aromatic N) is 4. The fourth-order valence-corrected chi connectivity index (χ4v) is 3.47. The number of rotatable bonds is 3. The molecule has 1 aromatic carbocycles. The van der Waals surface area contributed by atoms with Crippen LogP contribution in [0.4, 0.5) is 11.4 Å². The fourth-order valence-electron chi connectivity index (χ4n) is 3.47. The van der Waals surface area contributed by atoms with Gasteiger partial charge in [-0.2, -0.15) is 4.98 Å². The highest BCUT2D eigenvalue weighted by atomic mass is 16.5. The molecule has 1 fully saturated rings. The molecule has 8 nitrogen and oxygen atoms in total. The van der Waals surface area contributed by atoms with Crippen molar-refractivity contribution in [3.8, 4) is 0 Å². The van der Waals surface area contributed by atoms with Gasteiger partial charge < -0.3 is 9.84 Å². The van der Waals surface area contributed by atoms with Crippen LogP contribution in [0.15, 0.2) is 28.8 Å². The van der Waals surface area contributed by atoms with Gasteiger partial charge in [-0.1, -0.05) is 17.3 Å². The van der Waals surface area contributed by atoms with Crippen molar-refractivity contribution in [3.05, 3.63) is 36.0 Å². The van der Waals surface area contributed by atoms with Gasteiger partial charge in [0.15, 0.2) is 5.82 Å². The number of amides is 2. The van der Waals surface area contributed by atoms with Gasteiger partial charge in [0.25, 0.3) is 0 Å². The van der Waals surface area contributed by atoms with Crippen molar-refractivity contribution in [3.63, 3.8) is 0 Å². The van der Waals surface area contributed by atoms with Crippen molar-refractivity contribution in [1.29, 1.82) is 0 Å². The maximum Gasteiger partial charge on any atom is 0.244 e. The monoisotopic (exact) mass is 341 g/mol. The van der Waals surface area contributed by atoms with E-state index in [1.54, 1.807) is 17.9 Å². The van der Waals surface area contributed by atoms with Crippen LogP contribution < -0.4 is 10.2 Å². The zero-order chi connectivity index (χ0) is 17.4. The normalized spacial score (nSPS) is 20.4. The Labute approximate surface area is 144 Å². The topological polar surface area (TPSA) is 91.6 Å². The van der Waals surface area contributed by atoms with Crippen LogP contribution in [-0.4, -0.2) is 46.5 Å². The van der Waals surface area contributed by atoms with Gasteiger partial charge in [0.2, 0.25) is 17.7 Å². The number of anilines is 2. The summed E-state index contributed by atoms with van der Waals surface area (Å²) >= 11 is 0. The molecule has 2 aromatic rings. The van der Waals surface area contributed by atoms with Crippen LogP contribution in [0.1, 0.15) is 30.6 Å². The third-order valence-corrected chi connectivity index (χ3v) is 4.62. The van der Waals surface area contributed by atoms with Gasteiger partial charge in [-0.25, -0.2) is 0 Å². The Morgan fingerprint density at radius 2 is 2.24 bits per heavy atom. The number of carbonyl (C=O) groups excluding carboxylic acids is 2. The Balaban J connectivity index is 1.53. The molecule has 130 valence electrons. The highest BCUT2D eigenvalue weighted by Gasteiger charge is 2.34. The maximum atomic E-state index is 12.9. The number of hydrogen-bond donors (Lipinski definition) is 1. The van der Waals surface area contributed by atoms with Crippen molar-refractivity contribution < 1.29 is 14.1 Å². The smallest absolute Gasteiger partial charge is 0.244 e. The number of likely N-dealkylation sites (tertiary alicyclic amines) is 1. The molecule has 1 N–H and O–H groups in total. The molecule has 0 spiro atoms. The third-order valence-electron chi connectivity index (χ3n) is 4.62. The highest BCUT2D eigenvalue weighted by Crippen LogP contribution is 2.32. The number of aryl methyl sites for hydroxylation is 1. The first-order chi connectivity index (χ1) is 12.1. The summed E-state index contributed by atoms with van der Waals surface area (Å²) in [6.07, 6.45) is 1.87. The molecule has 25 heavy (non-hydrogen) atoms. The van der Waals surface area contributed by atoms with Crippen LogP contribution in [0.25, 0.3) is 0 Å². The van der Waals surface area contributed by atoms with Crippen molar-refractivity contribution in [2.75, 3.05) is 29.9 Å². The van der Waals surface area contributed by atoms with E-state index in [0.717, 1.165) is 25.1 Å². The second-order valence-corrected chi connectivity index (χ2v) is 6.35. The predicted molar refractivity (Wildman–Crippen MR) is 90.0 cm³/mol. The Morgan fingerprint density at radius 1 is 1.40 bits per heavy atom. The Kier molecular flexibility index (Phi) is 3.96. The van der Waals surface area contributed by atoms with E-state index in [0.29, 0.717) is 17.4 Å². The van der Waals surface area contributed by atoms with Gasteiger partial charge in [-0.05, 0) is 31.5 Å². The lowest BCUT2D eigenvalue weighted by molar-refractivity contribution is -0.122. The maximum absolute atomic E-state index is 12.9. The minimum absolute atomic E-state index is 0.0183. The lowest BCUT2D eigenvalue weighted by atomic mass is 10.2. The number of aromatic nitrogens is 2. The number of benzene rings is 1. The molecule has 0 bridgehead atoms. The first kappa shape index (κ1) is 15.8. The molecule has 3 heterocycles. The molecule has 1 saturated heterocycles.